The van der Waals surface area contributed by atoms with E-state index >= 15 is 0 Å². The zero-order chi connectivity index (χ0) is 21.3. The standard InChI is InChI=1S/C22H24N4O3S/c1-2-16-8-6-7-11-19(16)30(28,29)25-13-12-18-20(21(23)27)24-22(26(18)15-14-25)17-9-4-3-5-10-17/h3-11H,2,12-15H2,1H3,(H2,23,27). The summed E-state index contributed by atoms with van der Waals surface area (Å²) >= 11 is 0. The zero-order valence-electron chi connectivity index (χ0n) is 16.8. The van der Waals surface area contributed by atoms with Gasteiger partial charge in [-0.25, -0.2) is 13.4 Å². The first kappa shape index (κ1) is 20.3. The number of amides is 1. The number of fused-ring (bicyclic) bond motifs is 1. The van der Waals surface area contributed by atoms with E-state index in [2.05, 4.69) is 4.98 Å². The van der Waals surface area contributed by atoms with Crippen molar-refractivity contribution in [2.45, 2.75) is 31.2 Å². The lowest BCUT2D eigenvalue weighted by Gasteiger charge is -2.21. The van der Waals surface area contributed by atoms with Crippen LogP contribution in [0, 0.1) is 0 Å². The normalized spacial score (nSPS) is 14.8. The van der Waals surface area contributed by atoms with Crippen LogP contribution in [-0.2, 0) is 29.4 Å². The Morgan fingerprint density at radius 2 is 1.73 bits per heavy atom. The van der Waals surface area contributed by atoms with Gasteiger partial charge in [0.1, 0.15) is 11.5 Å². The van der Waals surface area contributed by atoms with Crippen molar-refractivity contribution in [1.82, 2.24) is 13.9 Å². The smallest absolute Gasteiger partial charge is 0.269 e. The maximum absolute atomic E-state index is 13.4. The lowest BCUT2D eigenvalue weighted by Crippen LogP contribution is -2.34. The van der Waals surface area contributed by atoms with Gasteiger partial charge in [0.25, 0.3) is 5.91 Å². The lowest BCUT2D eigenvalue weighted by atomic mass is 10.2. The fourth-order valence-electron chi connectivity index (χ4n) is 3.97. The molecular formula is C22H24N4O3S. The van der Waals surface area contributed by atoms with Crippen LogP contribution in [0.25, 0.3) is 11.4 Å². The molecule has 1 aliphatic heterocycles. The number of primary amides is 1. The topological polar surface area (TPSA) is 98.3 Å². The predicted octanol–water partition coefficient (Wildman–Crippen LogP) is 2.46. The molecule has 0 radical (unpaired) electrons. The van der Waals surface area contributed by atoms with E-state index in [-0.39, 0.29) is 12.2 Å². The Bertz CT molecular complexity index is 1190. The monoisotopic (exact) mass is 424 g/mol. The van der Waals surface area contributed by atoms with Gasteiger partial charge in [0.15, 0.2) is 0 Å². The quantitative estimate of drug-likeness (QED) is 0.680. The molecule has 2 heterocycles. The number of sulfonamides is 1. The number of carbonyl (C=O) groups is 1. The molecule has 0 fully saturated rings. The Morgan fingerprint density at radius 1 is 1.03 bits per heavy atom. The molecule has 0 unspecified atom stereocenters. The van der Waals surface area contributed by atoms with Crippen LogP contribution >= 0.6 is 0 Å². The van der Waals surface area contributed by atoms with E-state index < -0.39 is 15.9 Å². The Kier molecular flexibility index (Phi) is 5.44. The van der Waals surface area contributed by atoms with E-state index in [1.165, 1.54) is 4.31 Å². The Balaban J connectivity index is 1.72. The predicted molar refractivity (Wildman–Crippen MR) is 114 cm³/mol. The molecule has 0 atom stereocenters. The van der Waals surface area contributed by atoms with E-state index in [0.717, 1.165) is 11.1 Å². The summed E-state index contributed by atoms with van der Waals surface area (Å²) < 4.78 is 30.2. The van der Waals surface area contributed by atoms with Crippen LogP contribution in [0.3, 0.4) is 0 Å². The van der Waals surface area contributed by atoms with Gasteiger partial charge < -0.3 is 10.3 Å². The molecule has 0 saturated carbocycles. The van der Waals surface area contributed by atoms with Gasteiger partial charge in [-0.15, -0.1) is 0 Å². The molecule has 1 aromatic heterocycles. The molecule has 0 spiro atoms. The van der Waals surface area contributed by atoms with Gasteiger partial charge >= 0.3 is 0 Å². The van der Waals surface area contributed by atoms with Gasteiger partial charge in [0, 0.05) is 31.6 Å². The minimum Gasteiger partial charge on any atom is -0.364 e. The number of imidazole rings is 1. The number of nitrogens with zero attached hydrogens (tertiary/aromatic N) is 3. The summed E-state index contributed by atoms with van der Waals surface area (Å²) in [6, 6.07) is 16.6. The molecule has 1 amide bonds. The van der Waals surface area contributed by atoms with Gasteiger partial charge in [-0.3, -0.25) is 4.79 Å². The van der Waals surface area contributed by atoms with Gasteiger partial charge in [0.2, 0.25) is 10.0 Å². The molecule has 4 rings (SSSR count). The third-order valence-electron chi connectivity index (χ3n) is 5.48. The first-order valence-corrected chi connectivity index (χ1v) is 11.4. The second kappa shape index (κ2) is 8.04. The largest absolute Gasteiger partial charge is 0.364 e. The number of hydrogen-bond acceptors (Lipinski definition) is 4. The average Bonchev–Trinajstić information content (AvgIpc) is 2.98. The fourth-order valence-corrected chi connectivity index (χ4v) is 5.69. The van der Waals surface area contributed by atoms with E-state index in [1.54, 1.807) is 12.1 Å². The Labute approximate surface area is 176 Å². The second-order valence-electron chi connectivity index (χ2n) is 7.23. The van der Waals surface area contributed by atoms with Crippen molar-refractivity contribution in [2.24, 2.45) is 5.73 Å². The number of benzene rings is 2. The van der Waals surface area contributed by atoms with Crippen LogP contribution in [0.2, 0.25) is 0 Å². The van der Waals surface area contributed by atoms with Gasteiger partial charge in [-0.05, 0) is 18.1 Å². The first-order valence-electron chi connectivity index (χ1n) is 9.96. The molecule has 8 heteroatoms. The molecule has 3 aromatic rings. The molecule has 30 heavy (non-hydrogen) atoms. The summed E-state index contributed by atoms with van der Waals surface area (Å²) in [6.45, 7) is 2.90. The SMILES string of the molecule is CCc1ccccc1S(=O)(=O)N1CCc2c(C(N)=O)nc(-c3ccccc3)n2CC1. The number of hydrogen-bond donors (Lipinski definition) is 1. The molecule has 156 valence electrons. The van der Waals surface area contributed by atoms with Crippen molar-refractivity contribution >= 4 is 15.9 Å². The van der Waals surface area contributed by atoms with Crippen LogP contribution in [0.15, 0.2) is 59.5 Å². The van der Waals surface area contributed by atoms with Crippen LogP contribution in [-0.4, -0.2) is 41.3 Å². The summed E-state index contributed by atoms with van der Waals surface area (Å²) in [5.74, 6) is 0.0289. The number of aryl methyl sites for hydroxylation is 1. The minimum atomic E-state index is -3.65. The highest BCUT2D eigenvalue weighted by Gasteiger charge is 2.31. The van der Waals surface area contributed by atoms with Crippen molar-refractivity contribution in [1.29, 1.82) is 0 Å². The molecule has 2 aromatic carbocycles. The Hall–Kier alpha value is -2.97. The average molecular weight is 425 g/mol. The van der Waals surface area contributed by atoms with E-state index in [1.807, 2.05) is 54.0 Å². The third-order valence-corrected chi connectivity index (χ3v) is 7.48. The summed E-state index contributed by atoms with van der Waals surface area (Å²) in [4.78, 5) is 16.9. The van der Waals surface area contributed by atoms with E-state index in [4.69, 9.17) is 5.73 Å². The van der Waals surface area contributed by atoms with Crippen molar-refractivity contribution in [2.75, 3.05) is 13.1 Å². The van der Waals surface area contributed by atoms with Gasteiger partial charge in [-0.1, -0.05) is 55.5 Å². The lowest BCUT2D eigenvalue weighted by molar-refractivity contribution is 0.0995. The van der Waals surface area contributed by atoms with Crippen LogP contribution < -0.4 is 5.73 Å². The van der Waals surface area contributed by atoms with Crippen molar-refractivity contribution < 1.29 is 13.2 Å². The molecule has 0 saturated heterocycles. The number of nitrogens with two attached hydrogens (primary N) is 1. The summed E-state index contributed by atoms with van der Waals surface area (Å²) in [6.07, 6.45) is 1.00. The summed E-state index contributed by atoms with van der Waals surface area (Å²) in [5, 5.41) is 0. The number of rotatable bonds is 5. The van der Waals surface area contributed by atoms with Crippen molar-refractivity contribution in [3.63, 3.8) is 0 Å². The second-order valence-corrected chi connectivity index (χ2v) is 9.13. The molecule has 2 N–H and O–H groups in total. The van der Waals surface area contributed by atoms with E-state index in [0.29, 0.717) is 42.3 Å². The highest BCUT2D eigenvalue weighted by atomic mass is 32.2. The maximum atomic E-state index is 13.4. The zero-order valence-corrected chi connectivity index (χ0v) is 17.6. The minimum absolute atomic E-state index is 0.210. The van der Waals surface area contributed by atoms with Crippen LogP contribution in [0.1, 0.15) is 28.7 Å². The van der Waals surface area contributed by atoms with Crippen molar-refractivity contribution in [3.05, 3.63) is 71.5 Å². The molecular weight excluding hydrogens is 400 g/mol. The maximum Gasteiger partial charge on any atom is 0.269 e. The summed E-state index contributed by atoms with van der Waals surface area (Å²) in [5.41, 5.74) is 8.13. The first-order chi connectivity index (χ1) is 14.4. The Morgan fingerprint density at radius 3 is 2.43 bits per heavy atom. The van der Waals surface area contributed by atoms with Gasteiger partial charge in [-0.2, -0.15) is 4.31 Å². The van der Waals surface area contributed by atoms with Crippen LogP contribution in [0.4, 0.5) is 0 Å². The summed E-state index contributed by atoms with van der Waals surface area (Å²) in [7, 11) is -3.65. The number of carbonyl (C=O) groups excluding carboxylic acids is 1. The molecule has 0 bridgehead atoms. The number of aromatic nitrogens is 2. The highest BCUT2D eigenvalue weighted by Crippen LogP contribution is 2.27. The molecule has 7 nitrogen and oxygen atoms in total. The molecule has 0 aliphatic carbocycles. The van der Waals surface area contributed by atoms with Crippen molar-refractivity contribution in [3.8, 4) is 11.4 Å². The fraction of sp³-hybridized carbons (Fsp3) is 0.273. The highest BCUT2D eigenvalue weighted by molar-refractivity contribution is 7.89. The van der Waals surface area contributed by atoms with E-state index in [9.17, 15) is 13.2 Å². The molecule has 1 aliphatic rings. The third kappa shape index (κ3) is 3.53. The van der Waals surface area contributed by atoms with Gasteiger partial charge in [0.05, 0.1) is 10.6 Å². The van der Waals surface area contributed by atoms with Crippen LogP contribution in [0.5, 0.6) is 0 Å².